The van der Waals surface area contributed by atoms with Crippen LogP contribution in [0, 0.1) is 39.9 Å². The van der Waals surface area contributed by atoms with E-state index in [-0.39, 0.29) is 40.1 Å². The maximum absolute atomic E-state index is 12.6. The van der Waals surface area contributed by atoms with E-state index in [0.29, 0.717) is 37.2 Å². The first-order valence-corrected chi connectivity index (χ1v) is 16.5. The third kappa shape index (κ3) is 6.36. The van der Waals surface area contributed by atoms with Gasteiger partial charge in [0.25, 0.3) is 0 Å². The Morgan fingerprint density at radius 1 is 0.953 bits per heavy atom. The van der Waals surface area contributed by atoms with Gasteiger partial charge in [-0.15, -0.1) is 0 Å². The molecule has 1 aliphatic heterocycles. The van der Waals surface area contributed by atoms with Gasteiger partial charge in [0.2, 0.25) is 0 Å². The van der Waals surface area contributed by atoms with Crippen LogP contribution in [0.2, 0.25) is 0 Å². The zero-order chi connectivity index (χ0) is 31.7. The Balaban J connectivity index is 0.000000628. The molecule has 5 fully saturated rings. The third-order valence-corrected chi connectivity index (χ3v) is 12.3. The van der Waals surface area contributed by atoms with Gasteiger partial charge < -0.3 is 29.5 Å². The summed E-state index contributed by atoms with van der Waals surface area (Å²) in [5, 5.41) is 32.9. The molecule has 0 amide bonds. The van der Waals surface area contributed by atoms with Crippen molar-refractivity contribution >= 4 is 11.9 Å². The number of carbonyl (C=O) groups is 2. The minimum atomic E-state index is -0.953. The van der Waals surface area contributed by atoms with Crippen LogP contribution in [-0.4, -0.2) is 72.0 Å². The molecular weight excluding hydrogens is 548 g/mol. The summed E-state index contributed by atoms with van der Waals surface area (Å²) in [4.78, 5) is 24.8. The lowest BCUT2D eigenvalue weighted by atomic mass is 9.36. The first-order valence-electron chi connectivity index (χ1n) is 16.5. The Morgan fingerprint density at radius 2 is 1.58 bits per heavy atom. The third-order valence-electron chi connectivity index (χ3n) is 12.3. The van der Waals surface area contributed by atoms with Crippen molar-refractivity contribution < 1.29 is 39.1 Å². The van der Waals surface area contributed by atoms with Gasteiger partial charge in [-0.25, -0.2) is 4.79 Å². The number of ether oxygens (including phenoxy) is 3. The summed E-state index contributed by atoms with van der Waals surface area (Å²) in [5.41, 5.74) is 1.57. The van der Waals surface area contributed by atoms with E-state index in [9.17, 15) is 24.9 Å². The van der Waals surface area contributed by atoms with Crippen molar-refractivity contribution in [1.29, 1.82) is 0 Å². The summed E-state index contributed by atoms with van der Waals surface area (Å²) in [6, 6.07) is 0. The molecule has 1 heterocycles. The first-order chi connectivity index (χ1) is 20.2. The van der Waals surface area contributed by atoms with Gasteiger partial charge in [-0.3, -0.25) is 4.79 Å². The zero-order valence-corrected chi connectivity index (χ0v) is 27.5. The smallest absolute Gasteiger partial charge is 0.331 e. The molecule has 244 valence electrons. The molecule has 5 rings (SSSR count). The van der Waals surface area contributed by atoms with Gasteiger partial charge in [0.05, 0.1) is 38.6 Å². The van der Waals surface area contributed by atoms with Crippen LogP contribution in [-0.2, 0) is 23.8 Å². The van der Waals surface area contributed by atoms with Gasteiger partial charge >= 0.3 is 11.9 Å². The average molecular weight is 605 g/mol. The Kier molecular flexibility index (Phi) is 10.6. The summed E-state index contributed by atoms with van der Waals surface area (Å²) < 4.78 is 15.8. The Morgan fingerprint density at radius 3 is 2.12 bits per heavy atom. The van der Waals surface area contributed by atoms with E-state index in [1.54, 1.807) is 0 Å². The van der Waals surface area contributed by atoms with Crippen LogP contribution in [0.1, 0.15) is 99.8 Å². The number of hydrogen-bond donors (Lipinski definition) is 3. The molecule has 4 aliphatic carbocycles. The second kappa shape index (κ2) is 13.3. The Labute approximate surface area is 258 Å². The average Bonchev–Trinajstić information content (AvgIpc) is 3.21. The van der Waals surface area contributed by atoms with E-state index in [0.717, 1.165) is 63.3 Å². The standard InChI is InChI=1S/C31H48O6.C4H8O2/c1-17(2)9-8-10-20(28(35)36)26-22-15-24(34)27-29(5)13-12-23(33)18(3)21(29)11-14-30(27,6)31(22,7)16-25(26)37-19(4)32;1-2-6-4-3-5-1/h9,18,21-25,27,33-34H,8,10-16H2,1-7H3,(H,35,36);1-4H2/b26-20-;/t18-,21-,22-,23+,24+,25-,27-,29-,30-,31-;/m0./s1. The van der Waals surface area contributed by atoms with E-state index in [1.165, 1.54) is 6.92 Å². The number of carbonyl (C=O) groups excluding carboxylic acids is 1. The van der Waals surface area contributed by atoms with Crippen molar-refractivity contribution in [3.8, 4) is 0 Å². The molecule has 1 saturated heterocycles. The number of esters is 1. The number of fused-ring (bicyclic) bond motifs is 5. The number of carboxylic acid groups (broad SMARTS) is 1. The lowest BCUT2D eigenvalue weighted by Crippen LogP contribution is -2.65. The van der Waals surface area contributed by atoms with Crippen LogP contribution in [0.3, 0.4) is 0 Å². The maximum Gasteiger partial charge on any atom is 0.331 e. The molecule has 8 nitrogen and oxygen atoms in total. The number of allylic oxidation sites excluding steroid dienone is 2. The molecule has 0 aromatic carbocycles. The highest BCUT2D eigenvalue weighted by molar-refractivity contribution is 5.88. The number of carboxylic acids is 1. The number of rotatable bonds is 5. The predicted octanol–water partition coefficient (Wildman–Crippen LogP) is 5.70. The molecular formula is C35H56O8. The summed E-state index contributed by atoms with van der Waals surface area (Å²) in [5.74, 6) is -0.909. The summed E-state index contributed by atoms with van der Waals surface area (Å²) in [6.45, 7) is 17.6. The van der Waals surface area contributed by atoms with Crippen molar-refractivity contribution in [3.05, 3.63) is 22.8 Å². The van der Waals surface area contributed by atoms with Crippen molar-refractivity contribution in [3.63, 3.8) is 0 Å². The van der Waals surface area contributed by atoms with Crippen molar-refractivity contribution in [1.82, 2.24) is 0 Å². The van der Waals surface area contributed by atoms with E-state index in [1.807, 2.05) is 19.9 Å². The van der Waals surface area contributed by atoms with Gasteiger partial charge in [0.15, 0.2) is 0 Å². The highest BCUT2D eigenvalue weighted by Crippen LogP contribution is 2.74. The Bertz CT molecular complexity index is 1080. The van der Waals surface area contributed by atoms with Gasteiger partial charge in [-0.05, 0) is 111 Å². The van der Waals surface area contributed by atoms with Crippen LogP contribution < -0.4 is 0 Å². The van der Waals surface area contributed by atoms with Gasteiger partial charge in [0, 0.05) is 12.5 Å². The molecule has 0 aromatic heterocycles. The lowest BCUT2D eigenvalue weighted by molar-refractivity contribution is -0.234. The lowest BCUT2D eigenvalue weighted by Gasteiger charge is -2.69. The molecule has 10 atom stereocenters. The van der Waals surface area contributed by atoms with E-state index in [4.69, 9.17) is 14.2 Å². The molecule has 8 heteroatoms. The fourth-order valence-electron chi connectivity index (χ4n) is 10.2. The van der Waals surface area contributed by atoms with Gasteiger partial charge in [-0.2, -0.15) is 0 Å². The second-order valence-corrected chi connectivity index (χ2v) is 14.9. The number of aliphatic hydroxyl groups excluding tert-OH is 2. The topological polar surface area (TPSA) is 123 Å². The summed E-state index contributed by atoms with van der Waals surface area (Å²) in [7, 11) is 0. The van der Waals surface area contributed by atoms with Crippen LogP contribution in [0.5, 0.6) is 0 Å². The van der Waals surface area contributed by atoms with Crippen LogP contribution >= 0.6 is 0 Å². The Hall–Kier alpha value is -1.74. The van der Waals surface area contributed by atoms with Crippen molar-refractivity contribution in [2.75, 3.05) is 26.4 Å². The molecule has 5 aliphatic rings. The minimum Gasteiger partial charge on any atom is -0.478 e. The normalized spacial score (nSPS) is 43.1. The highest BCUT2D eigenvalue weighted by Gasteiger charge is 2.70. The van der Waals surface area contributed by atoms with Crippen LogP contribution in [0.4, 0.5) is 0 Å². The largest absolute Gasteiger partial charge is 0.478 e. The predicted molar refractivity (Wildman–Crippen MR) is 164 cm³/mol. The molecule has 4 saturated carbocycles. The monoisotopic (exact) mass is 604 g/mol. The van der Waals surface area contributed by atoms with Crippen LogP contribution in [0.25, 0.3) is 0 Å². The number of hydrogen-bond acceptors (Lipinski definition) is 7. The number of aliphatic carboxylic acids is 1. The maximum atomic E-state index is 12.6. The van der Waals surface area contributed by atoms with Crippen LogP contribution in [0.15, 0.2) is 22.8 Å². The van der Waals surface area contributed by atoms with E-state index >= 15 is 0 Å². The molecule has 0 bridgehead atoms. The molecule has 3 N–H and O–H groups in total. The summed E-state index contributed by atoms with van der Waals surface area (Å²) >= 11 is 0. The minimum absolute atomic E-state index is 0.0474. The quantitative estimate of drug-likeness (QED) is 0.208. The molecule has 0 radical (unpaired) electrons. The van der Waals surface area contributed by atoms with E-state index in [2.05, 4.69) is 27.7 Å². The second-order valence-electron chi connectivity index (χ2n) is 14.9. The van der Waals surface area contributed by atoms with E-state index < -0.39 is 24.1 Å². The molecule has 0 unspecified atom stereocenters. The first kappa shape index (κ1) is 34.1. The summed E-state index contributed by atoms with van der Waals surface area (Å²) in [6.07, 6.45) is 6.22. The van der Waals surface area contributed by atoms with Crippen molar-refractivity contribution in [2.45, 2.75) is 118 Å². The fraction of sp³-hybridized carbons (Fsp3) is 0.829. The zero-order valence-electron chi connectivity index (χ0n) is 27.5. The van der Waals surface area contributed by atoms with Gasteiger partial charge in [-0.1, -0.05) is 39.3 Å². The van der Waals surface area contributed by atoms with Gasteiger partial charge in [0.1, 0.15) is 6.10 Å². The van der Waals surface area contributed by atoms with Crippen molar-refractivity contribution in [2.24, 2.45) is 39.9 Å². The molecule has 43 heavy (non-hydrogen) atoms. The molecule has 0 spiro atoms. The fourth-order valence-corrected chi connectivity index (χ4v) is 10.2. The SMILES string of the molecule is C1COCCO1.CC(=O)O[C@H]1C[C@@]2(C)[C@@H](C[C@@H](O)[C@H]3[C@@]4(C)CC[C@@H](O)[C@@H](C)[C@@H]4CC[C@@]32C)/C1=C(\CCC=C(C)C)C(=O)O. The highest BCUT2D eigenvalue weighted by atomic mass is 16.6. The molecule has 0 aromatic rings. The number of aliphatic hydroxyl groups is 2.